The Hall–Kier alpha value is -0.920. The van der Waals surface area contributed by atoms with E-state index in [9.17, 15) is 17.8 Å². The van der Waals surface area contributed by atoms with Crippen LogP contribution in [0.25, 0.3) is 0 Å². The highest BCUT2D eigenvalue weighted by Crippen LogP contribution is 2.04. The topological polar surface area (TPSA) is 87.9 Å². The zero-order valence-electron chi connectivity index (χ0n) is 14.8. The Labute approximate surface area is 140 Å². The van der Waals surface area contributed by atoms with E-state index in [0.29, 0.717) is 12.0 Å². The third-order valence-electron chi connectivity index (χ3n) is 3.83. The van der Waals surface area contributed by atoms with E-state index in [1.54, 1.807) is 6.92 Å². The van der Waals surface area contributed by atoms with Crippen molar-refractivity contribution >= 4 is 16.1 Å². The van der Waals surface area contributed by atoms with Gasteiger partial charge in [0.1, 0.15) is 0 Å². The molecule has 0 aliphatic carbocycles. The summed E-state index contributed by atoms with van der Waals surface area (Å²) in [5.41, 5.74) is 0.391. The molecule has 0 rings (SSSR count). The van der Waals surface area contributed by atoms with Gasteiger partial charge in [-0.05, 0) is 40.0 Å². The summed E-state index contributed by atoms with van der Waals surface area (Å²) in [5.74, 6) is -0.683. The second kappa shape index (κ2) is 10.8. The van der Waals surface area contributed by atoms with Gasteiger partial charge in [-0.2, -0.15) is 0 Å². The van der Waals surface area contributed by atoms with Crippen LogP contribution in [0, 0.1) is 0 Å². The van der Waals surface area contributed by atoms with Gasteiger partial charge in [0, 0.05) is 17.7 Å². The molecule has 136 valence electrons. The van der Waals surface area contributed by atoms with Gasteiger partial charge >= 0.3 is 5.97 Å². The zero-order chi connectivity index (χ0) is 18.0. The quantitative estimate of drug-likeness (QED) is 0.321. The van der Waals surface area contributed by atoms with Crippen LogP contribution in [0.5, 0.6) is 0 Å². The predicted molar refractivity (Wildman–Crippen MR) is 89.2 cm³/mol. The number of hydrogen-bond acceptors (Lipinski definition) is 5. The molecule has 7 heteroatoms. The maximum atomic E-state index is 11.4. The first-order valence-electron chi connectivity index (χ1n) is 8.21. The summed E-state index contributed by atoms with van der Waals surface area (Å²) in [6.07, 6.45) is 2.82. The number of ether oxygens (including phenoxy) is 1. The van der Waals surface area contributed by atoms with Crippen LogP contribution in [0.1, 0.15) is 53.4 Å². The highest BCUT2D eigenvalue weighted by Gasteiger charge is 2.18. The van der Waals surface area contributed by atoms with Gasteiger partial charge in [0.25, 0.3) is 0 Å². The van der Waals surface area contributed by atoms with Gasteiger partial charge in [0.15, 0.2) is 0 Å². The van der Waals surface area contributed by atoms with E-state index in [4.69, 9.17) is 4.74 Å². The van der Waals surface area contributed by atoms with Crippen LogP contribution < -0.4 is 4.90 Å². The van der Waals surface area contributed by atoms with Gasteiger partial charge in [-0.15, -0.1) is 0 Å². The van der Waals surface area contributed by atoms with Gasteiger partial charge in [-0.25, -0.2) is 13.2 Å². The minimum Gasteiger partial charge on any atom is -0.748 e. The Morgan fingerprint density at radius 3 is 2.35 bits per heavy atom. The van der Waals surface area contributed by atoms with Gasteiger partial charge in [-0.1, -0.05) is 13.5 Å². The summed E-state index contributed by atoms with van der Waals surface area (Å²) in [5, 5.41) is 0. The summed E-state index contributed by atoms with van der Waals surface area (Å²) < 4.78 is 37.5. The monoisotopic (exact) mass is 349 g/mol. The lowest BCUT2D eigenvalue weighted by Crippen LogP contribution is -3.15. The highest BCUT2D eigenvalue weighted by molar-refractivity contribution is 7.85. The fourth-order valence-electron chi connectivity index (χ4n) is 2.42. The number of esters is 1. The molecule has 0 radical (unpaired) electrons. The summed E-state index contributed by atoms with van der Waals surface area (Å²) >= 11 is 0. The van der Waals surface area contributed by atoms with Gasteiger partial charge < -0.3 is 14.2 Å². The molecular formula is C16H31NO5S. The van der Waals surface area contributed by atoms with Crippen LogP contribution in [0.3, 0.4) is 0 Å². The molecule has 1 N–H and O–H groups in total. The molecule has 3 atom stereocenters. The molecule has 0 bridgehead atoms. The molecule has 0 amide bonds. The molecule has 0 aromatic heterocycles. The summed E-state index contributed by atoms with van der Waals surface area (Å²) in [6, 6.07) is 0.118. The lowest BCUT2D eigenvalue weighted by Gasteiger charge is -2.26. The second-order valence-corrected chi connectivity index (χ2v) is 7.77. The number of carbonyl (C=O) groups is 1. The first-order valence-corrected chi connectivity index (χ1v) is 9.79. The Morgan fingerprint density at radius 1 is 1.26 bits per heavy atom. The van der Waals surface area contributed by atoms with Gasteiger partial charge in [0.2, 0.25) is 0 Å². The van der Waals surface area contributed by atoms with Crippen molar-refractivity contribution in [3.8, 4) is 0 Å². The first-order chi connectivity index (χ1) is 10.6. The molecule has 0 aliphatic rings. The van der Waals surface area contributed by atoms with E-state index < -0.39 is 10.1 Å². The lowest BCUT2D eigenvalue weighted by atomic mass is 10.1. The number of carbonyl (C=O) groups excluding carboxylic acids is 1. The molecule has 0 heterocycles. The first kappa shape index (κ1) is 22.1. The van der Waals surface area contributed by atoms with E-state index in [0.717, 1.165) is 32.4 Å². The maximum Gasteiger partial charge on any atom is 0.333 e. The fourth-order valence-corrected chi connectivity index (χ4v) is 3.07. The summed E-state index contributed by atoms with van der Waals surface area (Å²) in [4.78, 5) is 12.7. The van der Waals surface area contributed by atoms with Crippen molar-refractivity contribution in [1.82, 2.24) is 0 Å². The smallest absolute Gasteiger partial charge is 0.333 e. The lowest BCUT2D eigenvalue weighted by molar-refractivity contribution is -0.924. The minimum atomic E-state index is -4.15. The molecular weight excluding hydrogens is 318 g/mol. The molecule has 6 nitrogen and oxygen atoms in total. The zero-order valence-corrected chi connectivity index (χ0v) is 15.6. The van der Waals surface area contributed by atoms with Crippen LogP contribution in [0.2, 0.25) is 0 Å². The normalized spacial score (nSPS) is 15.7. The van der Waals surface area contributed by atoms with E-state index in [2.05, 4.69) is 13.5 Å². The maximum absolute atomic E-state index is 11.4. The number of quaternary nitrogens is 1. The molecule has 0 spiro atoms. The largest absolute Gasteiger partial charge is 0.748 e. The highest BCUT2D eigenvalue weighted by atomic mass is 32.2. The molecule has 0 aromatic rings. The minimum absolute atomic E-state index is 0.118. The Balaban J connectivity index is 4.27. The third-order valence-corrected chi connectivity index (χ3v) is 4.57. The van der Waals surface area contributed by atoms with Crippen LogP contribution in [-0.4, -0.2) is 49.9 Å². The van der Waals surface area contributed by atoms with Gasteiger partial charge in [0.05, 0.1) is 35.4 Å². The Bertz CT molecular complexity index is 475. The standard InChI is InChI=1S/C16H31NO5S/c1-6-10-17(14(4)9-12-23(19,20)21)11-7-8-15(5)22-16(18)13(2)3/h14-15H,2,6-12H2,1,3-5H3,(H,19,20,21). The Kier molecular flexibility index (Phi) is 10.3. The van der Waals surface area contributed by atoms with E-state index in [1.807, 2.05) is 13.8 Å². The molecule has 0 saturated heterocycles. The van der Waals surface area contributed by atoms with Crippen LogP contribution in [-0.2, 0) is 19.6 Å². The molecule has 0 aromatic carbocycles. The average molecular weight is 349 g/mol. The average Bonchev–Trinajstić information content (AvgIpc) is 2.42. The van der Waals surface area contributed by atoms with Crippen molar-refractivity contribution < 1.29 is 27.4 Å². The van der Waals surface area contributed by atoms with Gasteiger partial charge in [-0.3, -0.25) is 0 Å². The molecule has 0 aliphatic heterocycles. The van der Waals surface area contributed by atoms with E-state index in [-0.39, 0.29) is 23.9 Å². The van der Waals surface area contributed by atoms with Crippen molar-refractivity contribution in [3.63, 3.8) is 0 Å². The van der Waals surface area contributed by atoms with Crippen LogP contribution >= 0.6 is 0 Å². The van der Waals surface area contributed by atoms with Crippen LogP contribution in [0.15, 0.2) is 12.2 Å². The molecule has 3 unspecified atom stereocenters. The van der Waals surface area contributed by atoms with E-state index >= 15 is 0 Å². The van der Waals surface area contributed by atoms with Crippen molar-refractivity contribution in [2.45, 2.75) is 65.5 Å². The predicted octanol–water partition coefficient (Wildman–Crippen LogP) is 0.893. The number of rotatable bonds is 12. The van der Waals surface area contributed by atoms with Crippen LogP contribution in [0.4, 0.5) is 0 Å². The van der Waals surface area contributed by atoms with E-state index in [1.165, 1.54) is 4.90 Å². The molecule has 0 saturated carbocycles. The number of nitrogens with one attached hydrogen (secondary N) is 1. The van der Waals surface area contributed by atoms with Crippen molar-refractivity contribution in [2.24, 2.45) is 0 Å². The number of hydrogen-bond donors (Lipinski definition) is 1. The third kappa shape index (κ3) is 11.3. The summed E-state index contributed by atoms with van der Waals surface area (Å²) in [6.45, 7) is 12.9. The van der Waals surface area contributed by atoms with Crippen molar-refractivity contribution in [2.75, 3.05) is 18.8 Å². The Morgan fingerprint density at radius 2 is 1.87 bits per heavy atom. The molecule has 0 fully saturated rings. The molecule has 23 heavy (non-hydrogen) atoms. The summed E-state index contributed by atoms with van der Waals surface area (Å²) in [7, 11) is -4.15. The second-order valence-electron chi connectivity index (χ2n) is 6.25. The van der Waals surface area contributed by atoms with Crippen molar-refractivity contribution in [3.05, 3.63) is 12.2 Å². The van der Waals surface area contributed by atoms with Crippen molar-refractivity contribution in [1.29, 1.82) is 0 Å². The SMILES string of the molecule is C=C(C)C(=O)OC(C)CCC[NH+](CCC)C(C)CCS(=O)(=O)[O-]. The fraction of sp³-hybridized carbons (Fsp3) is 0.812.